The van der Waals surface area contributed by atoms with Gasteiger partial charge in [0, 0.05) is 24.8 Å². The van der Waals surface area contributed by atoms with Gasteiger partial charge in [-0.25, -0.2) is 4.79 Å². The average Bonchev–Trinajstić information content (AvgIpc) is 2.81. The highest BCUT2D eigenvalue weighted by Gasteiger charge is 2.41. The minimum absolute atomic E-state index is 0.156. The van der Waals surface area contributed by atoms with Crippen molar-refractivity contribution in [2.24, 2.45) is 0 Å². The van der Waals surface area contributed by atoms with Gasteiger partial charge < -0.3 is 25.4 Å². The largest absolute Gasteiger partial charge is 0.497 e. The first kappa shape index (κ1) is 22.5. The van der Waals surface area contributed by atoms with Gasteiger partial charge in [0.25, 0.3) is 0 Å². The Bertz CT molecular complexity index is 851. The van der Waals surface area contributed by atoms with Gasteiger partial charge in [-0.15, -0.1) is 0 Å². The van der Waals surface area contributed by atoms with Gasteiger partial charge in [-0.1, -0.05) is 55.7 Å². The van der Waals surface area contributed by atoms with E-state index in [1.807, 2.05) is 54.6 Å². The molecule has 2 aromatic rings. The molecule has 1 aliphatic rings. The molecule has 3 rings (SSSR count). The number of amides is 2. The van der Waals surface area contributed by atoms with Gasteiger partial charge in [-0.3, -0.25) is 4.79 Å². The van der Waals surface area contributed by atoms with E-state index in [1.165, 1.54) is 0 Å². The Hall–Kier alpha value is -3.22. The van der Waals surface area contributed by atoms with Gasteiger partial charge in [0.1, 0.15) is 17.9 Å². The molecule has 0 bridgehead atoms. The maximum Gasteiger partial charge on any atom is 0.408 e. The number of benzene rings is 2. The zero-order valence-electron chi connectivity index (χ0n) is 18.0. The summed E-state index contributed by atoms with van der Waals surface area (Å²) in [5.74, 6) is 0.615. The van der Waals surface area contributed by atoms with Crippen LogP contribution >= 0.6 is 0 Å². The van der Waals surface area contributed by atoms with Crippen molar-refractivity contribution >= 4 is 17.7 Å². The third-order valence-electron chi connectivity index (χ3n) is 5.51. The predicted octanol–water partition coefficient (Wildman–Crippen LogP) is 3.85. The first-order valence-electron chi connectivity index (χ1n) is 10.8. The van der Waals surface area contributed by atoms with Crippen LogP contribution in [0.1, 0.15) is 37.7 Å². The molecule has 2 amide bonds. The Labute approximate surface area is 183 Å². The van der Waals surface area contributed by atoms with Crippen LogP contribution in [0.5, 0.6) is 5.75 Å². The van der Waals surface area contributed by atoms with Crippen LogP contribution < -0.4 is 20.7 Å². The molecule has 3 N–H and O–H groups in total. The van der Waals surface area contributed by atoms with Crippen molar-refractivity contribution in [1.82, 2.24) is 10.6 Å². The average molecular weight is 426 g/mol. The summed E-state index contributed by atoms with van der Waals surface area (Å²) in [7, 11) is 1.63. The number of ether oxygens (including phenoxy) is 2. The summed E-state index contributed by atoms with van der Waals surface area (Å²) in [5.41, 5.74) is 0.911. The lowest BCUT2D eigenvalue weighted by molar-refractivity contribution is -0.128. The molecule has 0 atom stereocenters. The molecule has 1 saturated carbocycles. The molecule has 7 heteroatoms. The molecule has 2 aromatic carbocycles. The van der Waals surface area contributed by atoms with Gasteiger partial charge in [0.05, 0.1) is 7.11 Å². The molecule has 0 saturated heterocycles. The van der Waals surface area contributed by atoms with Crippen LogP contribution in [0.15, 0.2) is 54.6 Å². The number of hydrogen-bond acceptors (Lipinski definition) is 5. The normalized spacial score (nSPS) is 14.9. The highest BCUT2D eigenvalue weighted by molar-refractivity contribution is 5.90. The minimum Gasteiger partial charge on any atom is -0.497 e. The molecule has 0 aromatic heterocycles. The van der Waals surface area contributed by atoms with Crippen LogP contribution in [0, 0.1) is 0 Å². The van der Waals surface area contributed by atoms with E-state index in [-0.39, 0.29) is 12.5 Å². The van der Waals surface area contributed by atoms with Crippen molar-refractivity contribution in [3.8, 4) is 5.75 Å². The van der Waals surface area contributed by atoms with E-state index in [1.54, 1.807) is 7.11 Å². The summed E-state index contributed by atoms with van der Waals surface area (Å²) in [6, 6.07) is 17.1. The minimum atomic E-state index is -0.915. The van der Waals surface area contributed by atoms with Gasteiger partial charge in [0.2, 0.25) is 5.91 Å². The summed E-state index contributed by atoms with van der Waals surface area (Å²) in [4.78, 5) is 25.4. The first-order chi connectivity index (χ1) is 15.1. The summed E-state index contributed by atoms with van der Waals surface area (Å²) in [6.07, 6.45) is 3.52. The lowest BCUT2D eigenvalue weighted by Crippen LogP contribution is -2.60. The van der Waals surface area contributed by atoms with Crippen molar-refractivity contribution in [3.63, 3.8) is 0 Å². The number of anilines is 1. The van der Waals surface area contributed by atoms with Crippen LogP contribution in [0.25, 0.3) is 0 Å². The van der Waals surface area contributed by atoms with Gasteiger partial charge in [-0.2, -0.15) is 0 Å². The van der Waals surface area contributed by atoms with E-state index in [2.05, 4.69) is 16.0 Å². The fourth-order valence-electron chi connectivity index (χ4n) is 3.80. The van der Waals surface area contributed by atoms with E-state index in [0.717, 1.165) is 36.3 Å². The fourth-order valence-corrected chi connectivity index (χ4v) is 3.80. The molecule has 0 aliphatic heterocycles. The maximum atomic E-state index is 13.0. The SMILES string of the molecule is COc1cccc(NCCNC(=O)C2(NC(=O)OCc3ccccc3)CCCCC2)c1. The number of nitrogens with one attached hydrogen (secondary N) is 3. The Balaban J connectivity index is 1.50. The lowest BCUT2D eigenvalue weighted by atomic mass is 9.81. The van der Waals surface area contributed by atoms with E-state index in [9.17, 15) is 9.59 Å². The number of carbonyl (C=O) groups is 2. The smallest absolute Gasteiger partial charge is 0.408 e. The summed E-state index contributed by atoms with van der Waals surface area (Å²) >= 11 is 0. The van der Waals surface area contributed by atoms with Crippen molar-refractivity contribution in [1.29, 1.82) is 0 Å². The monoisotopic (exact) mass is 425 g/mol. The second kappa shape index (κ2) is 11.2. The van der Waals surface area contributed by atoms with E-state index >= 15 is 0 Å². The Morgan fingerprint density at radius 2 is 1.74 bits per heavy atom. The Morgan fingerprint density at radius 3 is 2.48 bits per heavy atom. The Morgan fingerprint density at radius 1 is 0.968 bits per heavy atom. The van der Waals surface area contributed by atoms with Gasteiger partial charge in [-0.05, 0) is 30.5 Å². The third-order valence-corrected chi connectivity index (χ3v) is 5.51. The topological polar surface area (TPSA) is 88.7 Å². The molecule has 31 heavy (non-hydrogen) atoms. The third kappa shape index (κ3) is 6.64. The highest BCUT2D eigenvalue weighted by atomic mass is 16.5. The zero-order chi connectivity index (χ0) is 21.9. The molecule has 0 radical (unpaired) electrons. The van der Waals surface area contributed by atoms with Crippen LogP contribution in [-0.2, 0) is 16.1 Å². The van der Waals surface area contributed by atoms with Crippen LogP contribution in [0.3, 0.4) is 0 Å². The fraction of sp³-hybridized carbons (Fsp3) is 0.417. The summed E-state index contributed by atoms with van der Waals surface area (Å²) in [6.45, 7) is 1.18. The van der Waals surface area contributed by atoms with Crippen LogP contribution in [-0.4, -0.2) is 37.7 Å². The van der Waals surface area contributed by atoms with E-state index < -0.39 is 11.6 Å². The lowest BCUT2D eigenvalue weighted by Gasteiger charge is -2.36. The van der Waals surface area contributed by atoms with Gasteiger partial charge >= 0.3 is 6.09 Å². The van der Waals surface area contributed by atoms with Crippen molar-refractivity contribution < 1.29 is 19.1 Å². The summed E-state index contributed by atoms with van der Waals surface area (Å²) in [5, 5.41) is 9.10. The molecule has 7 nitrogen and oxygen atoms in total. The highest BCUT2D eigenvalue weighted by Crippen LogP contribution is 2.28. The van der Waals surface area contributed by atoms with Crippen molar-refractivity contribution in [2.75, 3.05) is 25.5 Å². The van der Waals surface area contributed by atoms with Crippen molar-refractivity contribution in [2.45, 2.75) is 44.2 Å². The molecular weight excluding hydrogens is 394 g/mol. The van der Waals surface area contributed by atoms with Gasteiger partial charge in [0.15, 0.2) is 0 Å². The predicted molar refractivity (Wildman–Crippen MR) is 120 cm³/mol. The molecular formula is C24H31N3O4. The summed E-state index contributed by atoms with van der Waals surface area (Å²) < 4.78 is 10.6. The first-order valence-corrected chi connectivity index (χ1v) is 10.8. The molecule has 0 unspecified atom stereocenters. The number of alkyl carbamates (subject to hydrolysis) is 1. The second-order valence-corrected chi connectivity index (χ2v) is 7.74. The molecule has 1 fully saturated rings. The maximum absolute atomic E-state index is 13.0. The van der Waals surface area contributed by atoms with E-state index in [0.29, 0.717) is 25.9 Å². The molecule has 0 heterocycles. The number of methoxy groups -OCH3 is 1. The van der Waals surface area contributed by atoms with E-state index in [4.69, 9.17) is 9.47 Å². The zero-order valence-corrected chi connectivity index (χ0v) is 18.0. The van der Waals surface area contributed by atoms with Crippen molar-refractivity contribution in [3.05, 3.63) is 60.2 Å². The number of rotatable bonds is 9. The number of hydrogen-bond donors (Lipinski definition) is 3. The number of carbonyl (C=O) groups excluding carboxylic acids is 2. The standard InChI is InChI=1S/C24H31N3O4/c1-30-21-12-8-11-20(17-21)25-15-16-26-22(28)24(13-6-3-7-14-24)27-23(29)31-18-19-9-4-2-5-10-19/h2,4-5,8-12,17,25H,3,6-7,13-16,18H2,1H3,(H,26,28)(H,27,29). The second-order valence-electron chi connectivity index (χ2n) is 7.74. The Kier molecular flexibility index (Phi) is 8.15. The molecule has 0 spiro atoms. The quantitative estimate of drug-likeness (QED) is 0.531. The van der Waals surface area contributed by atoms with Crippen LogP contribution in [0.4, 0.5) is 10.5 Å². The molecule has 166 valence electrons. The van der Waals surface area contributed by atoms with Crippen LogP contribution in [0.2, 0.25) is 0 Å². The molecule has 1 aliphatic carbocycles.